The Bertz CT molecular complexity index is 1790. The number of benzene rings is 2. The van der Waals surface area contributed by atoms with Gasteiger partial charge in [-0.25, -0.2) is 4.98 Å². The van der Waals surface area contributed by atoms with Crippen LogP contribution in [0.5, 0.6) is 23.0 Å². The summed E-state index contributed by atoms with van der Waals surface area (Å²) in [6, 6.07) is 7.17. The Kier molecular flexibility index (Phi) is 2.46. The molecule has 2 aliphatic rings. The number of piperazine rings is 1. The minimum Gasteiger partial charge on any atom is -0.493 e. The maximum Gasteiger partial charge on any atom is 0.267 e. The number of fused-ring (bicyclic) bond motifs is 2. The Hall–Kier alpha value is -3.95. The molecule has 1 amide bonds. The molecule has 10 nitrogen and oxygen atoms in total. The van der Waals surface area contributed by atoms with E-state index < -0.39 is 92.3 Å². The second-order valence-electron chi connectivity index (χ2n) is 6.55. The lowest BCUT2D eigenvalue weighted by Crippen LogP contribution is -2.54. The number of aromatic nitrogens is 2. The molecule has 33 heavy (non-hydrogen) atoms. The Balaban J connectivity index is 1.64. The summed E-state index contributed by atoms with van der Waals surface area (Å²) < 4.78 is 151. The molecule has 0 bridgehead atoms. The molecule has 172 valence electrons. The summed E-state index contributed by atoms with van der Waals surface area (Å²) in [5, 5.41) is -0.237. The minimum absolute atomic E-state index is 0.145. The lowest BCUT2D eigenvalue weighted by atomic mass is 10.2. The zero-order valence-electron chi connectivity index (χ0n) is 32.4. The van der Waals surface area contributed by atoms with Crippen LogP contribution in [0.2, 0.25) is 0 Å². The van der Waals surface area contributed by atoms with E-state index in [1.165, 1.54) is 24.3 Å². The summed E-state index contributed by atoms with van der Waals surface area (Å²) in [4.78, 5) is 21.0. The number of carbonyl (C=O) groups is 1. The Morgan fingerprint density at radius 1 is 1.12 bits per heavy atom. The number of rotatable bonds is 4. The quantitative estimate of drug-likeness (QED) is 0.613. The van der Waals surface area contributed by atoms with Crippen LogP contribution in [0.25, 0.3) is 10.9 Å². The zero-order valence-corrected chi connectivity index (χ0v) is 16.4. The van der Waals surface area contributed by atoms with E-state index in [-0.39, 0.29) is 21.8 Å². The second-order valence-corrected chi connectivity index (χ2v) is 6.55. The molecule has 5 rings (SSSR count). The summed E-state index contributed by atoms with van der Waals surface area (Å²) in [6.07, 6.45) is -2.44. The summed E-state index contributed by atoms with van der Waals surface area (Å²) in [5.41, 5.74) is 5.61. The van der Waals surface area contributed by atoms with Gasteiger partial charge in [-0.2, -0.15) is 4.98 Å². The van der Waals surface area contributed by atoms with Crippen molar-refractivity contribution < 1.29 is 45.7 Å². The number of amides is 1. The van der Waals surface area contributed by atoms with Crippen LogP contribution in [0.3, 0.4) is 0 Å². The normalized spacial score (nSPS) is 33.3. The average Bonchev–Trinajstić information content (AvgIpc) is 2.90. The molecular formula is C23H25N5O5. The van der Waals surface area contributed by atoms with E-state index in [1.807, 2.05) is 0 Å². The third-order valence-corrected chi connectivity index (χ3v) is 4.56. The fourth-order valence-electron chi connectivity index (χ4n) is 2.99. The largest absolute Gasteiger partial charge is 0.493 e. The first-order valence-electron chi connectivity index (χ1n) is 17.2. The molecule has 3 heterocycles. The highest BCUT2D eigenvalue weighted by atomic mass is 16.6. The summed E-state index contributed by atoms with van der Waals surface area (Å²) >= 11 is 0. The van der Waals surface area contributed by atoms with Crippen LogP contribution in [-0.4, -0.2) is 73.5 Å². The molecule has 0 radical (unpaired) electrons. The van der Waals surface area contributed by atoms with Crippen molar-refractivity contribution in [2.75, 3.05) is 57.3 Å². The van der Waals surface area contributed by atoms with E-state index in [0.717, 1.165) is 12.1 Å². The number of nitrogens with two attached hydrogens (primary N) is 1. The van der Waals surface area contributed by atoms with Gasteiger partial charge in [0.15, 0.2) is 23.0 Å². The first-order valence-corrected chi connectivity index (χ1v) is 9.20. The minimum atomic E-state index is -3.85. The van der Waals surface area contributed by atoms with Crippen molar-refractivity contribution in [1.29, 1.82) is 0 Å². The Morgan fingerprint density at radius 3 is 2.61 bits per heavy atom. The van der Waals surface area contributed by atoms with Crippen molar-refractivity contribution in [3.8, 4) is 23.0 Å². The van der Waals surface area contributed by atoms with Crippen molar-refractivity contribution in [3.63, 3.8) is 0 Å². The molecule has 2 aliphatic heterocycles. The van der Waals surface area contributed by atoms with Gasteiger partial charge in [0, 0.05) is 37.4 Å². The number of carbonyl (C=O) groups excluding carboxylic acids is 1. The molecule has 1 saturated heterocycles. The number of para-hydroxylation sites is 2. The number of methoxy groups -OCH3 is 2. The van der Waals surface area contributed by atoms with Gasteiger partial charge in [-0.05, 0) is 18.2 Å². The SMILES string of the molecule is [2H]C([2H])([2H])Oc1cc2nc(N3C([2H])([2H])C([2H])([2H])N(C(=O)C4Oc5ccccc5OC4([2H])[2H])C([2H])([2H])C3([2H])[2H])nc(N)c2cc1OC([2H])([2H])[2H]. The van der Waals surface area contributed by atoms with E-state index in [4.69, 9.17) is 46.6 Å². The Labute approximate surface area is 213 Å². The van der Waals surface area contributed by atoms with Gasteiger partial charge in [-0.1, -0.05) is 12.1 Å². The topological polar surface area (TPSA) is 112 Å². The van der Waals surface area contributed by atoms with E-state index in [9.17, 15) is 4.79 Å². The number of nitrogens with zero attached hydrogens (tertiary/aromatic N) is 4. The van der Waals surface area contributed by atoms with Crippen molar-refractivity contribution in [2.24, 2.45) is 0 Å². The van der Waals surface area contributed by atoms with Gasteiger partial charge in [-0.3, -0.25) is 4.79 Å². The number of ether oxygens (including phenoxy) is 4. The van der Waals surface area contributed by atoms with Gasteiger partial charge in [0.1, 0.15) is 12.4 Å². The molecule has 0 aliphatic carbocycles. The zero-order chi connectivity index (χ0) is 36.9. The Morgan fingerprint density at radius 2 is 1.85 bits per heavy atom. The highest BCUT2D eigenvalue weighted by molar-refractivity contribution is 5.91. The monoisotopic (exact) mass is 467 g/mol. The third-order valence-electron chi connectivity index (χ3n) is 4.56. The van der Waals surface area contributed by atoms with E-state index in [1.54, 1.807) is 0 Å². The lowest BCUT2D eigenvalue weighted by molar-refractivity contribution is -0.141. The highest BCUT2D eigenvalue weighted by Gasteiger charge is 2.33. The molecule has 2 N–H and O–H groups in total. The molecule has 3 aromatic rings. The number of hydrogen-bond donors (Lipinski definition) is 1. The van der Waals surface area contributed by atoms with Gasteiger partial charge >= 0.3 is 0 Å². The lowest BCUT2D eigenvalue weighted by Gasteiger charge is -2.37. The summed E-state index contributed by atoms with van der Waals surface area (Å²) in [5.74, 6) is -5.26. The van der Waals surface area contributed by atoms with E-state index in [2.05, 4.69) is 9.97 Å². The van der Waals surface area contributed by atoms with Gasteiger partial charge in [0.25, 0.3) is 5.91 Å². The smallest absolute Gasteiger partial charge is 0.267 e. The summed E-state index contributed by atoms with van der Waals surface area (Å²) in [7, 11) is -6.26. The van der Waals surface area contributed by atoms with Gasteiger partial charge in [0.2, 0.25) is 12.1 Å². The van der Waals surface area contributed by atoms with Crippen LogP contribution >= 0.6 is 0 Å². The molecule has 2 aromatic carbocycles. The molecule has 1 fully saturated rings. The van der Waals surface area contributed by atoms with Crippen molar-refractivity contribution in [3.05, 3.63) is 36.4 Å². The van der Waals surface area contributed by atoms with Gasteiger partial charge < -0.3 is 34.5 Å². The maximum absolute atomic E-state index is 13.8. The second kappa shape index (κ2) is 8.53. The molecular weight excluding hydrogens is 426 g/mol. The third kappa shape index (κ3) is 3.88. The van der Waals surface area contributed by atoms with Crippen molar-refractivity contribution in [1.82, 2.24) is 14.9 Å². The fraction of sp³-hybridized carbons (Fsp3) is 0.348. The molecule has 1 unspecified atom stereocenters. The molecule has 1 atom stereocenters. The molecule has 0 saturated carbocycles. The first-order chi connectivity index (χ1) is 22.1. The summed E-state index contributed by atoms with van der Waals surface area (Å²) in [6.45, 7) is -18.3. The predicted molar refractivity (Wildman–Crippen MR) is 122 cm³/mol. The average molecular weight is 468 g/mol. The van der Waals surface area contributed by atoms with Crippen molar-refractivity contribution in [2.45, 2.75) is 6.10 Å². The number of anilines is 2. The molecule has 10 heteroatoms. The van der Waals surface area contributed by atoms with Gasteiger partial charge in [0.05, 0.1) is 41.5 Å². The first kappa shape index (κ1) is 9.50. The fourth-order valence-corrected chi connectivity index (χ4v) is 2.99. The molecule has 0 spiro atoms. The molecule has 1 aromatic heterocycles. The maximum atomic E-state index is 13.8. The van der Waals surface area contributed by atoms with Crippen LogP contribution in [-0.2, 0) is 4.79 Å². The van der Waals surface area contributed by atoms with Crippen molar-refractivity contribution >= 4 is 28.6 Å². The van der Waals surface area contributed by atoms with Crippen LogP contribution < -0.4 is 29.6 Å². The van der Waals surface area contributed by atoms with Crippen LogP contribution in [0.15, 0.2) is 36.4 Å². The van der Waals surface area contributed by atoms with Crippen LogP contribution in [0, 0.1) is 0 Å². The standard InChI is InChI=1S/C23H25N5O5/c1-30-18-11-14-15(12-19(18)31-2)25-23(26-21(14)24)28-9-7-27(8-10-28)22(29)20-13-32-16-5-3-4-6-17(16)33-20/h3-6,11-12,20H,7-10,13H2,1-2H3,(H2,24,25,26)/i1D3,2D3,7D2,8D2,9D2,10D2,13D2. The van der Waals surface area contributed by atoms with Crippen LogP contribution in [0.1, 0.15) is 21.9 Å². The number of nitrogen functional groups attached to an aromatic ring is 1. The predicted octanol–water partition coefficient (Wildman–Crippen LogP) is 1.72. The van der Waals surface area contributed by atoms with Crippen LogP contribution in [0.4, 0.5) is 11.8 Å². The van der Waals surface area contributed by atoms with Gasteiger partial charge in [-0.15, -0.1) is 0 Å². The highest BCUT2D eigenvalue weighted by Crippen LogP contribution is 2.34. The number of hydrogen-bond acceptors (Lipinski definition) is 9. The van der Waals surface area contributed by atoms with E-state index >= 15 is 0 Å². The van der Waals surface area contributed by atoms with E-state index in [0.29, 0.717) is 0 Å².